The predicted molar refractivity (Wildman–Crippen MR) is 88.8 cm³/mol. The number of likely N-dealkylation sites (N-methyl/N-ethyl adjacent to an activating group) is 1. The summed E-state index contributed by atoms with van der Waals surface area (Å²) in [7, 11) is 1.79. The Balaban J connectivity index is 0.00000324. The van der Waals surface area contributed by atoms with Crippen molar-refractivity contribution < 1.29 is 4.79 Å². The van der Waals surface area contributed by atoms with Crippen LogP contribution in [0.15, 0.2) is 28.7 Å². The number of carbonyl (C=O) groups is 1. The summed E-state index contributed by atoms with van der Waals surface area (Å²) in [6.45, 7) is 0.596. The zero-order chi connectivity index (χ0) is 13.5. The molecule has 1 aromatic carbocycles. The molecule has 6 heteroatoms. The van der Waals surface area contributed by atoms with E-state index in [2.05, 4.69) is 15.9 Å². The lowest BCUT2D eigenvalue weighted by Gasteiger charge is -2.21. The third-order valence-corrected chi connectivity index (χ3v) is 3.83. The van der Waals surface area contributed by atoms with Gasteiger partial charge < -0.3 is 10.6 Å². The molecule has 1 rings (SSSR count). The van der Waals surface area contributed by atoms with E-state index in [9.17, 15) is 4.79 Å². The molecule has 0 heterocycles. The normalized spacial score (nSPS) is 11.6. The van der Waals surface area contributed by atoms with Gasteiger partial charge in [-0.15, -0.1) is 12.4 Å². The van der Waals surface area contributed by atoms with Crippen LogP contribution in [0.1, 0.15) is 12.0 Å². The Morgan fingerprint density at radius 2 is 2.00 bits per heavy atom. The van der Waals surface area contributed by atoms with Gasteiger partial charge in [-0.2, -0.15) is 11.8 Å². The van der Waals surface area contributed by atoms with Gasteiger partial charge in [-0.25, -0.2) is 0 Å². The van der Waals surface area contributed by atoms with E-state index >= 15 is 0 Å². The molecule has 0 saturated carbocycles. The molecule has 2 N–H and O–H groups in total. The lowest BCUT2D eigenvalue weighted by Crippen LogP contribution is -2.41. The number of halogens is 2. The minimum atomic E-state index is -0.391. The van der Waals surface area contributed by atoms with Crippen LogP contribution >= 0.6 is 40.1 Å². The highest BCUT2D eigenvalue weighted by Crippen LogP contribution is 2.12. The zero-order valence-corrected chi connectivity index (χ0v) is 14.4. The van der Waals surface area contributed by atoms with Crippen molar-refractivity contribution in [2.75, 3.05) is 19.1 Å². The Hall–Kier alpha value is -0.230. The van der Waals surface area contributed by atoms with Crippen molar-refractivity contribution in [1.29, 1.82) is 0 Å². The van der Waals surface area contributed by atoms with Crippen molar-refractivity contribution in [3.63, 3.8) is 0 Å². The molecule has 0 radical (unpaired) electrons. The van der Waals surface area contributed by atoms with E-state index in [1.807, 2.05) is 30.5 Å². The number of hydrogen-bond acceptors (Lipinski definition) is 3. The molecule has 0 bridgehead atoms. The Bertz CT molecular complexity index is 389. The van der Waals surface area contributed by atoms with Crippen LogP contribution in [0.2, 0.25) is 0 Å². The van der Waals surface area contributed by atoms with Gasteiger partial charge in [0.1, 0.15) is 0 Å². The number of rotatable bonds is 6. The van der Waals surface area contributed by atoms with Crippen LogP contribution in [0.25, 0.3) is 0 Å². The Kier molecular flexibility index (Phi) is 9.52. The van der Waals surface area contributed by atoms with Crippen LogP contribution in [-0.2, 0) is 11.3 Å². The van der Waals surface area contributed by atoms with Gasteiger partial charge in [0.15, 0.2) is 0 Å². The molecule has 1 amide bonds. The highest BCUT2D eigenvalue weighted by molar-refractivity contribution is 9.10. The molecule has 0 aliphatic heterocycles. The third kappa shape index (κ3) is 6.65. The van der Waals surface area contributed by atoms with Gasteiger partial charge in [-0.3, -0.25) is 4.79 Å². The summed E-state index contributed by atoms with van der Waals surface area (Å²) in [5.41, 5.74) is 6.97. The maximum Gasteiger partial charge on any atom is 0.239 e. The van der Waals surface area contributed by atoms with Gasteiger partial charge in [-0.05, 0) is 36.1 Å². The molecule has 0 aliphatic carbocycles. The summed E-state index contributed by atoms with van der Waals surface area (Å²) < 4.78 is 1.04. The van der Waals surface area contributed by atoms with Gasteiger partial charge in [-0.1, -0.05) is 28.1 Å². The summed E-state index contributed by atoms with van der Waals surface area (Å²) >= 11 is 5.10. The topological polar surface area (TPSA) is 46.3 Å². The summed E-state index contributed by atoms with van der Waals surface area (Å²) in [5.74, 6) is 0.922. The van der Waals surface area contributed by atoms with E-state index in [0.717, 1.165) is 22.2 Å². The SMILES string of the molecule is CSCC[C@H](N)C(=O)N(C)Cc1ccc(Br)cc1.Cl. The number of amides is 1. The third-order valence-electron chi connectivity index (χ3n) is 2.66. The van der Waals surface area contributed by atoms with Gasteiger partial charge in [0.05, 0.1) is 6.04 Å². The number of nitrogens with zero attached hydrogens (tertiary/aromatic N) is 1. The van der Waals surface area contributed by atoms with Gasteiger partial charge in [0, 0.05) is 18.1 Å². The highest BCUT2D eigenvalue weighted by atomic mass is 79.9. The lowest BCUT2D eigenvalue weighted by molar-refractivity contribution is -0.131. The Labute approximate surface area is 133 Å². The molecule has 0 spiro atoms. The number of benzene rings is 1. The van der Waals surface area contributed by atoms with Crippen molar-refractivity contribution in [1.82, 2.24) is 4.90 Å². The molecule has 0 aliphatic rings. The van der Waals surface area contributed by atoms with Crippen molar-refractivity contribution in [3.8, 4) is 0 Å². The quantitative estimate of drug-likeness (QED) is 0.841. The summed E-state index contributed by atoms with van der Waals surface area (Å²) in [6.07, 6.45) is 2.74. The van der Waals surface area contributed by atoms with Gasteiger partial charge in [0.2, 0.25) is 5.91 Å². The molecule has 19 heavy (non-hydrogen) atoms. The van der Waals surface area contributed by atoms with Gasteiger partial charge in [0.25, 0.3) is 0 Å². The molecular formula is C13H20BrClN2OS. The van der Waals surface area contributed by atoms with Crippen molar-refractivity contribution >= 4 is 46.0 Å². The highest BCUT2D eigenvalue weighted by Gasteiger charge is 2.17. The second-order valence-electron chi connectivity index (χ2n) is 4.21. The molecule has 1 aromatic rings. The molecular weight excluding hydrogens is 348 g/mol. The largest absolute Gasteiger partial charge is 0.340 e. The molecule has 0 aromatic heterocycles. The average Bonchev–Trinajstić information content (AvgIpc) is 2.37. The van der Waals surface area contributed by atoms with E-state index in [1.54, 1.807) is 23.7 Å². The van der Waals surface area contributed by atoms with Crippen molar-refractivity contribution in [2.24, 2.45) is 5.73 Å². The Morgan fingerprint density at radius 3 is 2.53 bits per heavy atom. The number of carbonyl (C=O) groups excluding carboxylic acids is 1. The number of nitrogens with two attached hydrogens (primary N) is 1. The molecule has 0 fully saturated rings. The minimum Gasteiger partial charge on any atom is -0.340 e. The predicted octanol–water partition coefficient (Wildman–Crippen LogP) is 2.91. The summed E-state index contributed by atoms with van der Waals surface area (Å²) in [5, 5.41) is 0. The molecule has 0 unspecified atom stereocenters. The van der Waals surface area contributed by atoms with Crippen LogP contribution in [0, 0.1) is 0 Å². The van der Waals surface area contributed by atoms with Crippen molar-refractivity contribution in [3.05, 3.63) is 34.3 Å². The fourth-order valence-electron chi connectivity index (χ4n) is 1.59. The van der Waals surface area contributed by atoms with Gasteiger partial charge >= 0.3 is 0 Å². The smallest absolute Gasteiger partial charge is 0.239 e. The lowest BCUT2D eigenvalue weighted by atomic mass is 10.2. The molecule has 3 nitrogen and oxygen atoms in total. The maximum absolute atomic E-state index is 12.0. The fourth-order valence-corrected chi connectivity index (χ4v) is 2.35. The van der Waals surface area contributed by atoms with Crippen molar-refractivity contribution in [2.45, 2.75) is 19.0 Å². The van der Waals surface area contributed by atoms with Crippen LogP contribution in [-0.4, -0.2) is 35.9 Å². The fraction of sp³-hybridized carbons (Fsp3) is 0.462. The minimum absolute atomic E-state index is 0. The van der Waals surface area contributed by atoms with E-state index in [1.165, 1.54) is 0 Å². The standard InChI is InChI=1S/C13H19BrN2OS.ClH/c1-16(13(17)12(15)7-8-18-2)9-10-3-5-11(14)6-4-10;/h3-6,12H,7-9,15H2,1-2H3;1H/t12-;/m0./s1. The summed E-state index contributed by atoms with van der Waals surface area (Å²) in [6, 6.07) is 7.56. The second kappa shape index (κ2) is 9.64. The summed E-state index contributed by atoms with van der Waals surface area (Å²) in [4.78, 5) is 13.7. The van der Waals surface area contributed by atoms with E-state index < -0.39 is 6.04 Å². The number of thioether (sulfide) groups is 1. The maximum atomic E-state index is 12.0. The first-order valence-electron chi connectivity index (χ1n) is 5.78. The van der Waals surface area contributed by atoms with E-state index in [0.29, 0.717) is 6.54 Å². The van der Waals surface area contributed by atoms with Crippen LogP contribution in [0.3, 0.4) is 0 Å². The first-order valence-corrected chi connectivity index (χ1v) is 7.97. The van der Waals surface area contributed by atoms with Crippen LogP contribution in [0.5, 0.6) is 0 Å². The first kappa shape index (κ1) is 18.8. The number of hydrogen-bond donors (Lipinski definition) is 1. The average molecular weight is 368 g/mol. The second-order valence-corrected chi connectivity index (χ2v) is 6.11. The molecule has 1 atom stereocenters. The molecule has 0 saturated heterocycles. The first-order chi connectivity index (χ1) is 8.54. The van der Waals surface area contributed by atoms with E-state index in [4.69, 9.17) is 5.73 Å². The van der Waals surface area contributed by atoms with E-state index in [-0.39, 0.29) is 18.3 Å². The zero-order valence-electron chi connectivity index (χ0n) is 11.1. The van der Waals surface area contributed by atoms with Crippen LogP contribution in [0.4, 0.5) is 0 Å². The monoisotopic (exact) mass is 366 g/mol. The Morgan fingerprint density at radius 1 is 1.42 bits per heavy atom. The van der Waals surface area contributed by atoms with Crippen LogP contribution < -0.4 is 5.73 Å². The molecule has 108 valence electrons.